The third-order valence-electron chi connectivity index (χ3n) is 4.41. The molecule has 0 aliphatic heterocycles. The highest BCUT2D eigenvalue weighted by atomic mass is 16.4. The van der Waals surface area contributed by atoms with Crippen molar-refractivity contribution in [3.63, 3.8) is 0 Å². The standard InChI is InChI=1S/C18H34N8O7/c1-8(17(32)33)24-16(31)13(9(2)27)26-15(30)11(5-6-12(20)28)25-14(29)10(19)4-3-7-23-18(21)22/h8-11,13,27H,3-7,19H2,1-2H3,(H2,20,28)(H,24,31)(H,25,29)(H,26,30)(H,32,33)(H4,21,22,23). The minimum absolute atomic E-state index is 0.106. The van der Waals surface area contributed by atoms with E-state index in [2.05, 4.69) is 20.9 Å². The van der Waals surface area contributed by atoms with Gasteiger partial charge in [0.25, 0.3) is 0 Å². The maximum atomic E-state index is 12.7. The lowest BCUT2D eigenvalue weighted by Crippen LogP contribution is -2.59. The third kappa shape index (κ3) is 12.2. The summed E-state index contributed by atoms with van der Waals surface area (Å²) in [6, 6.07) is -5.13. The van der Waals surface area contributed by atoms with E-state index in [1.54, 1.807) is 0 Å². The molecular weight excluding hydrogens is 440 g/mol. The number of aliphatic hydroxyl groups excluding tert-OH is 1. The predicted octanol–water partition coefficient (Wildman–Crippen LogP) is -4.43. The molecule has 188 valence electrons. The molecule has 0 heterocycles. The summed E-state index contributed by atoms with van der Waals surface area (Å²) in [5.74, 6) is -4.72. The van der Waals surface area contributed by atoms with Gasteiger partial charge in [-0.2, -0.15) is 0 Å². The Kier molecular flexibility index (Phi) is 13.0. The number of rotatable bonds is 15. The fourth-order valence-electron chi connectivity index (χ4n) is 2.51. The van der Waals surface area contributed by atoms with Crippen LogP contribution in [0.15, 0.2) is 4.99 Å². The van der Waals surface area contributed by atoms with E-state index < -0.39 is 59.9 Å². The fourth-order valence-corrected chi connectivity index (χ4v) is 2.51. The lowest BCUT2D eigenvalue weighted by atomic mass is 10.1. The maximum Gasteiger partial charge on any atom is 0.325 e. The van der Waals surface area contributed by atoms with Crippen LogP contribution < -0.4 is 38.9 Å². The SMILES string of the molecule is CC(NC(=O)C(NC(=O)C(CCC(N)=O)NC(=O)C(N)CCCN=C(N)N)C(C)O)C(=O)O. The van der Waals surface area contributed by atoms with Crippen molar-refractivity contribution < 1.29 is 34.2 Å². The summed E-state index contributed by atoms with van der Waals surface area (Å²) in [5.41, 5.74) is 21.3. The number of carbonyl (C=O) groups excluding carboxylic acids is 4. The van der Waals surface area contributed by atoms with Crippen LogP contribution in [0.25, 0.3) is 0 Å². The molecule has 0 aliphatic carbocycles. The maximum absolute atomic E-state index is 12.7. The van der Waals surface area contributed by atoms with E-state index in [0.717, 1.165) is 0 Å². The highest BCUT2D eigenvalue weighted by molar-refractivity contribution is 5.94. The van der Waals surface area contributed by atoms with Gasteiger partial charge < -0.3 is 49.1 Å². The molecule has 15 heteroatoms. The number of aliphatic hydroxyl groups is 1. The number of amides is 4. The Hall–Kier alpha value is -3.46. The molecule has 5 atom stereocenters. The summed E-state index contributed by atoms with van der Waals surface area (Å²) >= 11 is 0. The zero-order valence-electron chi connectivity index (χ0n) is 18.6. The minimum atomic E-state index is -1.53. The van der Waals surface area contributed by atoms with Crippen LogP contribution in [0.4, 0.5) is 0 Å². The number of nitrogens with two attached hydrogens (primary N) is 4. The summed E-state index contributed by atoms with van der Waals surface area (Å²) in [6.07, 6.45) is -1.29. The van der Waals surface area contributed by atoms with E-state index in [0.29, 0.717) is 6.42 Å². The average Bonchev–Trinajstić information content (AvgIpc) is 2.70. The Bertz CT molecular complexity index is 739. The van der Waals surface area contributed by atoms with Crippen LogP contribution in [0.5, 0.6) is 0 Å². The Morgan fingerprint density at radius 2 is 1.52 bits per heavy atom. The normalized spacial score (nSPS) is 15.2. The number of carboxylic acids is 1. The smallest absolute Gasteiger partial charge is 0.325 e. The summed E-state index contributed by atoms with van der Waals surface area (Å²) in [6.45, 7) is 2.65. The highest BCUT2D eigenvalue weighted by Crippen LogP contribution is 2.04. The second-order valence-electron chi connectivity index (χ2n) is 7.42. The first-order valence-corrected chi connectivity index (χ1v) is 10.2. The van der Waals surface area contributed by atoms with Crippen LogP contribution in [0, 0.1) is 0 Å². The molecule has 0 bridgehead atoms. The number of aliphatic imine (C=N–C) groups is 1. The summed E-state index contributed by atoms with van der Waals surface area (Å²) in [4.78, 5) is 63.3. The first kappa shape index (κ1) is 29.5. The van der Waals surface area contributed by atoms with Crippen LogP contribution in [0.2, 0.25) is 0 Å². The van der Waals surface area contributed by atoms with Gasteiger partial charge in [0.2, 0.25) is 23.6 Å². The Balaban J connectivity index is 5.25. The summed E-state index contributed by atoms with van der Waals surface area (Å²) < 4.78 is 0. The van der Waals surface area contributed by atoms with Crippen molar-refractivity contribution >= 4 is 35.6 Å². The Morgan fingerprint density at radius 3 is 2.00 bits per heavy atom. The quantitative estimate of drug-likeness (QED) is 0.0623. The number of carboxylic acid groups (broad SMARTS) is 1. The lowest BCUT2D eigenvalue weighted by molar-refractivity contribution is -0.142. The molecule has 0 saturated heterocycles. The highest BCUT2D eigenvalue weighted by Gasteiger charge is 2.31. The molecule has 13 N–H and O–H groups in total. The molecular formula is C18H34N8O7. The molecule has 0 aromatic heterocycles. The van der Waals surface area contributed by atoms with Crippen molar-refractivity contribution in [3.05, 3.63) is 0 Å². The van der Waals surface area contributed by atoms with Gasteiger partial charge in [-0.3, -0.25) is 29.0 Å². The van der Waals surface area contributed by atoms with Crippen LogP contribution in [0.1, 0.15) is 39.5 Å². The Morgan fingerprint density at radius 1 is 0.909 bits per heavy atom. The predicted molar refractivity (Wildman–Crippen MR) is 117 cm³/mol. The van der Waals surface area contributed by atoms with E-state index >= 15 is 0 Å². The van der Waals surface area contributed by atoms with E-state index in [4.69, 9.17) is 28.0 Å². The first-order valence-electron chi connectivity index (χ1n) is 10.2. The van der Waals surface area contributed by atoms with Crippen molar-refractivity contribution in [1.82, 2.24) is 16.0 Å². The monoisotopic (exact) mass is 474 g/mol. The number of hydrogen-bond donors (Lipinski definition) is 9. The molecule has 15 nitrogen and oxygen atoms in total. The van der Waals surface area contributed by atoms with Gasteiger partial charge in [0, 0.05) is 13.0 Å². The van der Waals surface area contributed by atoms with E-state index in [1.165, 1.54) is 13.8 Å². The molecule has 0 radical (unpaired) electrons. The van der Waals surface area contributed by atoms with Gasteiger partial charge in [-0.1, -0.05) is 0 Å². The first-order chi connectivity index (χ1) is 15.3. The zero-order chi connectivity index (χ0) is 25.7. The van der Waals surface area contributed by atoms with E-state index in [9.17, 15) is 29.1 Å². The van der Waals surface area contributed by atoms with Crippen molar-refractivity contribution in [3.8, 4) is 0 Å². The minimum Gasteiger partial charge on any atom is -0.480 e. The van der Waals surface area contributed by atoms with Crippen molar-refractivity contribution in [2.24, 2.45) is 27.9 Å². The molecule has 4 amide bonds. The van der Waals surface area contributed by atoms with Crippen LogP contribution >= 0.6 is 0 Å². The van der Waals surface area contributed by atoms with Crippen LogP contribution in [-0.4, -0.2) is 82.6 Å². The summed E-state index contributed by atoms with van der Waals surface area (Å²) in [7, 11) is 0. The van der Waals surface area contributed by atoms with Crippen molar-refractivity contribution in [2.45, 2.75) is 69.8 Å². The molecule has 0 spiro atoms. The summed E-state index contributed by atoms with van der Waals surface area (Å²) in [5, 5.41) is 25.6. The second kappa shape index (κ2) is 14.6. The molecule has 33 heavy (non-hydrogen) atoms. The van der Waals surface area contributed by atoms with Crippen LogP contribution in [-0.2, 0) is 24.0 Å². The topological polar surface area (TPSA) is 278 Å². The number of aliphatic carboxylic acids is 1. The largest absolute Gasteiger partial charge is 0.480 e. The third-order valence-corrected chi connectivity index (χ3v) is 4.41. The second-order valence-corrected chi connectivity index (χ2v) is 7.42. The van der Waals surface area contributed by atoms with E-state index in [-0.39, 0.29) is 31.8 Å². The van der Waals surface area contributed by atoms with Crippen molar-refractivity contribution in [2.75, 3.05) is 6.54 Å². The van der Waals surface area contributed by atoms with E-state index in [1.807, 2.05) is 0 Å². The van der Waals surface area contributed by atoms with Gasteiger partial charge in [0.1, 0.15) is 18.1 Å². The van der Waals surface area contributed by atoms with Gasteiger partial charge in [0.05, 0.1) is 12.1 Å². The van der Waals surface area contributed by atoms with Gasteiger partial charge in [-0.25, -0.2) is 0 Å². The van der Waals surface area contributed by atoms with Gasteiger partial charge >= 0.3 is 5.97 Å². The van der Waals surface area contributed by atoms with Gasteiger partial charge in [-0.05, 0) is 33.1 Å². The number of guanidine groups is 1. The Labute approximate surface area is 190 Å². The fraction of sp³-hybridized carbons (Fsp3) is 0.667. The zero-order valence-corrected chi connectivity index (χ0v) is 18.6. The number of primary amides is 1. The van der Waals surface area contributed by atoms with Gasteiger partial charge in [0.15, 0.2) is 5.96 Å². The molecule has 0 rings (SSSR count). The number of nitrogens with one attached hydrogen (secondary N) is 3. The number of nitrogens with zero attached hydrogens (tertiary/aromatic N) is 1. The molecule has 0 saturated carbocycles. The molecule has 0 fully saturated rings. The lowest BCUT2D eigenvalue weighted by Gasteiger charge is -2.26. The van der Waals surface area contributed by atoms with Crippen molar-refractivity contribution in [1.29, 1.82) is 0 Å². The molecule has 0 aliphatic rings. The number of carbonyl (C=O) groups is 5. The average molecular weight is 475 g/mol. The number of hydrogen-bond acceptors (Lipinski definition) is 8. The van der Waals surface area contributed by atoms with Gasteiger partial charge in [-0.15, -0.1) is 0 Å². The molecule has 0 aromatic rings. The molecule has 0 aromatic carbocycles. The van der Waals surface area contributed by atoms with Crippen LogP contribution in [0.3, 0.4) is 0 Å². The molecule has 5 unspecified atom stereocenters.